The van der Waals surface area contributed by atoms with Gasteiger partial charge in [-0.05, 0) is 23.3 Å². The van der Waals surface area contributed by atoms with Crippen LogP contribution in [0, 0.1) is 0 Å². The molecule has 0 aromatic heterocycles. The molecule has 56 valence electrons. The van der Waals surface area contributed by atoms with E-state index < -0.39 is 0 Å². The van der Waals surface area contributed by atoms with Gasteiger partial charge in [-0.15, -0.1) is 0 Å². The van der Waals surface area contributed by atoms with Gasteiger partial charge in [0.25, 0.3) is 0 Å². The van der Waals surface area contributed by atoms with Crippen molar-refractivity contribution < 1.29 is 4.74 Å². The van der Waals surface area contributed by atoms with Gasteiger partial charge in [-0.1, -0.05) is 24.3 Å². The molecule has 1 nitrogen and oxygen atoms in total. The summed E-state index contributed by atoms with van der Waals surface area (Å²) in [7, 11) is 0. The van der Waals surface area contributed by atoms with Gasteiger partial charge in [0.15, 0.2) is 5.05 Å². The Morgan fingerprint density at radius 2 is 1.91 bits per heavy atom. The average molecular weight is 164 g/mol. The molecule has 1 aromatic rings. The molecule has 0 spiro atoms. The van der Waals surface area contributed by atoms with Gasteiger partial charge in [-0.3, -0.25) is 0 Å². The zero-order valence-electron chi connectivity index (χ0n) is 6.04. The fourth-order valence-electron chi connectivity index (χ4n) is 1.24. The van der Waals surface area contributed by atoms with Crippen LogP contribution in [-0.4, -0.2) is 5.05 Å². The maximum Gasteiger partial charge on any atom is 0.164 e. The van der Waals surface area contributed by atoms with Crippen LogP contribution >= 0.6 is 12.2 Å². The molecule has 0 fully saturated rings. The first-order valence-corrected chi connectivity index (χ1v) is 3.99. The van der Waals surface area contributed by atoms with Gasteiger partial charge in [0.05, 0.1) is 0 Å². The van der Waals surface area contributed by atoms with Crippen molar-refractivity contribution in [2.75, 3.05) is 0 Å². The van der Waals surface area contributed by atoms with E-state index in [0.717, 1.165) is 6.42 Å². The molecule has 0 saturated heterocycles. The number of rotatable bonds is 0. The predicted molar refractivity (Wildman–Crippen MR) is 47.5 cm³/mol. The monoisotopic (exact) mass is 164 g/mol. The Bertz CT molecular complexity index is 293. The Hall–Kier alpha value is -0.890. The summed E-state index contributed by atoms with van der Waals surface area (Å²) in [5.74, 6) is 0. The second-order valence-electron chi connectivity index (χ2n) is 2.61. The van der Waals surface area contributed by atoms with Crippen LogP contribution < -0.4 is 0 Å². The molecule has 2 rings (SSSR count). The maximum atomic E-state index is 5.24. The summed E-state index contributed by atoms with van der Waals surface area (Å²) in [6.45, 7) is 0.648. The van der Waals surface area contributed by atoms with Crippen LogP contribution in [0.25, 0.3) is 0 Å². The van der Waals surface area contributed by atoms with Crippen molar-refractivity contribution in [1.29, 1.82) is 0 Å². The average Bonchev–Trinajstić information content (AvgIpc) is 2.04. The largest absolute Gasteiger partial charge is 0.482 e. The smallest absolute Gasteiger partial charge is 0.164 e. The lowest BCUT2D eigenvalue weighted by Gasteiger charge is -2.16. The third-order valence-electron chi connectivity index (χ3n) is 1.84. The minimum atomic E-state index is 0.648. The fourth-order valence-corrected chi connectivity index (χ4v) is 1.45. The van der Waals surface area contributed by atoms with Gasteiger partial charge in [0, 0.05) is 6.42 Å². The molecule has 0 radical (unpaired) electrons. The number of hydrogen-bond acceptors (Lipinski definition) is 2. The minimum Gasteiger partial charge on any atom is -0.482 e. The Kier molecular flexibility index (Phi) is 1.62. The van der Waals surface area contributed by atoms with Crippen molar-refractivity contribution >= 4 is 17.3 Å². The highest BCUT2D eigenvalue weighted by Crippen LogP contribution is 2.16. The van der Waals surface area contributed by atoms with E-state index in [2.05, 4.69) is 12.1 Å². The topological polar surface area (TPSA) is 9.23 Å². The highest BCUT2D eigenvalue weighted by molar-refractivity contribution is 7.80. The lowest BCUT2D eigenvalue weighted by atomic mass is 10.0. The quantitative estimate of drug-likeness (QED) is 0.543. The van der Waals surface area contributed by atoms with Crippen LogP contribution in [0.3, 0.4) is 0 Å². The van der Waals surface area contributed by atoms with Crippen LogP contribution in [0.2, 0.25) is 0 Å². The third-order valence-corrected chi connectivity index (χ3v) is 2.10. The van der Waals surface area contributed by atoms with Gasteiger partial charge in [0.2, 0.25) is 0 Å². The molecule has 0 bridgehead atoms. The Balaban J connectivity index is 2.41. The van der Waals surface area contributed by atoms with Crippen molar-refractivity contribution in [2.24, 2.45) is 0 Å². The predicted octanol–water partition coefficient (Wildman–Crippen LogP) is 2.09. The van der Waals surface area contributed by atoms with E-state index in [-0.39, 0.29) is 0 Å². The van der Waals surface area contributed by atoms with Gasteiger partial charge >= 0.3 is 0 Å². The van der Waals surface area contributed by atoms with Crippen molar-refractivity contribution in [3.63, 3.8) is 0 Å². The maximum absolute atomic E-state index is 5.24. The molecule has 0 saturated carbocycles. The molecular weight excluding hydrogens is 156 g/mol. The fraction of sp³-hybridized carbons (Fsp3) is 0.222. The molecule has 0 aliphatic carbocycles. The first-order valence-electron chi connectivity index (χ1n) is 3.58. The van der Waals surface area contributed by atoms with Crippen molar-refractivity contribution in [3.05, 3.63) is 35.4 Å². The standard InChI is InChI=1S/C9H8OS/c11-9-5-7-3-1-2-4-8(7)6-10-9/h1-4H,5-6H2. The van der Waals surface area contributed by atoms with Crippen LogP contribution in [0.15, 0.2) is 24.3 Å². The summed E-state index contributed by atoms with van der Waals surface area (Å²) >= 11 is 4.96. The Morgan fingerprint density at radius 3 is 2.73 bits per heavy atom. The zero-order chi connectivity index (χ0) is 7.68. The lowest BCUT2D eigenvalue weighted by Crippen LogP contribution is -2.13. The summed E-state index contributed by atoms with van der Waals surface area (Å²) in [5.41, 5.74) is 2.57. The van der Waals surface area contributed by atoms with Gasteiger partial charge in [0.1, 0.15) is 6.61 Å². The number of ether oxygens (including phenoxy) is 1. The summed E-state index contributed by atoms with van der Waals surface area (Å²) in [6, 6.07) is 8.24. The van der Waals surface area contributed by atoms with Gasteiger partial charge < -0.3 is 4.74 Å². The number of benzene rings is 1. The van der Waals surface area contributed by atoms with Crippen LogP contribution in [0.1, 0.15) is 11.1 Å². The molecule has 0 atom stereocenters. The summed E-state index contributed by atoms with van der Waals surface area (Å²) in [6.07, 6.45) is 0.797. The van der Waals surface area contributed by atoms with E-state index in [9.17, 15) is 0 Å². The number of hydrogen-bond donors (Lipinski definition) is 0. The molecule has 1 aliphatic heterocycles. The van der Waals surface area contributed by atoms with Crippen molar-refractivity contribution in [3.8, 4) is 0 Å². The molecule has 0 N–H and O–H groups in total. The van der Waals surface area contributed by atoms with E-state index in [1.54, 1.807) is 0 Å². The SMILES string of the molecule is S=C1Cc2ccccc2CO1. The molecular formula is C9H8OS. The Labute approximate surface area is 71.0 Å². The minimum absolute atomic E-state index is 0.648. The molecule has 1 aliphatic rings. The third kappa shape index (κ3) is 1.26. The van der Waals surface area contributed by atoms with E-state index in [1.807, 2.05) is 12.1 Å². The summed E-state index contributed by atoms with van der Waals surface area (Å²) in [5, 5.41) is 0.712. The molecule has 2 heteroatoms. The normalized spacial score (nSPS) is 15.5. The molecule has 11 heavy (non-hydrogen) atoms. The zero-order valence-corrected chi connectivity index (χ0v) is 6.86. The molecule has 1 aromatic carbocycles. The second-order valence-corrected chi connectivity index (χ2v) is 3.06. The number of thiocarbonyl (C=S) groups is 1. The van der Waals surface area contributed by atoms with Crippen LogP contribution in [0.5, 0.6) is 0 Å². The van der Waals surface area contributed by atoms with Crippen molar-refractivity contribution in [2.45, 2.75) is 13.0 Å². The van der Waals surface area contributed by atoms with Crippen LogP contribution in [0.4, 0.5) is 0 Å². The van der Waals surface area contributed by atoms with E-state index in [4.69, 9.17) is 17.0 Å². The first-order chi connectivity index (χ1) is 5.36. The molecule has 1 heterocycles. The Morgan fingerprint density at radius 1 is 1.18 bits per heavy atom. The highest BCUT2D eigenvalue weighted by Gasteiger charge is 2.11. The summed E-state index contributed by atoms with van der Waals surface area (Å²) in [4.78, 5) is 0. The van der Waals surface area contributed by atoms with Crippen molar-refractivity contribution in [1.82, 2.24) is 0 Å². The van der Waals surface area contributed by atoms with Gasteiger partial charge in [-0.25, -0.2) is 0 Å². The molecule has 0 unspecified atom stereocenters. The van der Waals surface area contributed by atoms with E-state index in [0.29, 0.717) is 11.7 Å². The molecule has 0 amide bonds. The van der Waals surface area contributed by atoms with E-state index in [1.165, 1.54) is 11.1 Å². The summed E-state index contributed by atoms with van der Waals surface area (Å²) < 4.78 is 5.24. The van der Waals surface area contributed by atoms with Crippen LogP contribution in [-0.2, 0) is 17.8 Å². The number of fused-ring (bicyclic) bond motifs is 1. The highest BCUT2D eigenvalue weighted by atomic mass is 32.1. The lowest BCUT2D eigenvalue weighted by molar-refractivity contribution is 0.284. The first kappa shape index (κ1) is 6.80. The second kappa shape index (κ2) is 2.62. The van der Waals surface area contributed by atoms with Gasteiger partial charge in [-0.2, -0.15) is 0 Å². The van der Waals surface area contributed by atoms with E-state index >= 15 is 0 Å².